The molecule has 0 heterocycles. The zero-order valence-electron chi connectivity index (χ0n) is 14.2. The third kappa shape index (κ3) is 20.4. The molecule has 0 aliphatic rings. The van der Waals surface area contributed by atoms with Gasteiger partial charge < -0.3 is 10.2 Å². The molecule has 0 bridgehead atoms. The molecular formula is C19H32O4. The van der Waals surface area contributed by atoms with Crippen LogP contribution >= 0.6 is 0 Å². The summed E-state index contributed by atoms with van der Waals surface area (Å²) in [5.41, 5.74) is 0. The number of rotatable bonds is 16. The molecule has 0 spiro atoms. The number of hydrogen-bond acceptors (Lipinski definition) is 2. The highest BCUT2D eigenvalue weighted by Crippen LogP contribution is 2.12. The van der Waals surface area contributed by atoms with E-state index in [1.54, 1.807) is 12.2 Å². The Balaban J connectivity index is 3.13. The Morgan fingerprint density at radius 1 is 0.652 bits per heavy atom. The van der Waals surface area contributed by atoms with Crippen LogP contribution in [0.4, 0.5) is 0 Å². The molecule has 0 aliphatic carbocycles. The third-order valence-corrected chi connectivity index (χ3v) is 3.75. The molecule has 4 heteroatoms. The van der Waals surface area contributed by atoms with Gasteiger partial charge in [0.15, 0.2) is 0 Å². The van der Waals surface area contributed by atoms with Crippen LogP contribution in [0.25, 0.3) is 0 Å². The molecule has 23 heavy (non-hydrogen) atoms. The number of carboxylic acid groups (broad SMARTS) is 2. The van der Waals surface area contributed by atoms with Crippen molar-refractivity contribution in [3.63, 3.8) is 0 Å². The van der Waals surface area contributed by atoms with E-state index in [9.17, 15) is 9.59 Å². The van der Waals surface area contributed by atoms with Crippen molar-refractivity contribution in [1.29, 1.82) is 0 Å². The molecule has 0 aromatic carbocycles. The van der Waals surface area contributed by atoms with Gasteiger partial charge in [0, 0.05) is 12.5 Å². The first-order chi connectivity index (χ1) is 11.1. The molecule has 0 unspecified atom stereocenters. The number of allylic oxidation sites excluding steroid dienone is 3. The first-order valence-corrected chi connectivity index (χ1v) is 8.91. The number of unbranched alkanes of at least 4 members (excludes halogenated alkanes) is 11. The summed E-state index contributed by atoms with van der Waals surface area (Å²) in [7, 11) is 0. The van der Waals surface area contributed by atoms with Gasteiger partial charge in [0.05, 0.1) is 0 Å². The summed E-state index contributed by atoms with van der Waals surface area (Å²) in [4.78, 5) is 20.6. The first kappa shape index (κ1) is 21.4. The standard InChI is InChI=1S/C19H32O4/c20-18(21)16-14-12-10-8-6-4-2-1-3-5-7-9-11-13-15-17-19(22)23/h10,12,14,16H,1-9,11,13,15,17H2,(H,20,21)(H,22,23)/b12-10+,16-14+. The van der Waals surface area contributed by atoms with Gasteiger partial charge in [-0.15, -0.1) is 0 Å². The highest BCUT2D eigenvalue weighted by atomic mass is 16.4. The molecular weight excluding hydrogens is 292 g/mol. The fourth-order valence-corrected chi connectivity index (χ4v) is 2.44. The lowest BCUT2D eigenvalue weighted by atomic mass is 10.0. The molecule has 0 saturated carbocycles. The monoisotopic (exact) mass is 324 g/mol. The molecule has 0 saturated heterocycles. The van der Waals surface area contributed by atoms with Gasteiger partial charge >= 0.3 is 11.9 Å². The van der Waals surface area contributed by atoms with E-state index in [1.165, 1.54) is 51.4 Å². The van der Waals surface area contributed by atoms with Crippen molar-refractivity contribution in [3.05, 3.63) is 24.3 Å². The summed E-state index contributed by atoms with van der Waals surface area (Å²) in [5, 5.41) is 16.9. The molecule has 2 N–H and O–H groups in total. The maximum Gasteiger partial charge on any atom is 0.328 e. The van der Waals surface area contributed by atoms with E-state index < -0.39 is 11.9 Å². The van der Waals surface area contributed by atoms with Crippen LogP contribution < -0.4 is 0 Å². The van der Waals surface area contributed by atoms with Crippen LogP contribution in [0.2, 0.25) is 0 Å². The number of aliphatic carboxylic acids is 2. The topological polar surface area (TPSA) is 74.6 Å². The predicted molar refractivity (Wildman–Crippen MR) is 93.6 cm³/mol. The number of carboxylic acids is 2. The van der Waals surface area contributed by atoms with Crippen LogP contribution in [0.1, 0.15) is 83.5 Å². The van der Waals surface area contributed by atoms with Crippen LogP contribution in [0.3, 0.4) is 0 Å². The minimum Gasteiger partial charge on any atom is -0.481 e. The van der Waals surface area contributed by atoms with Crippen molar-refractivity contribution in [2.45, 2.75) is 83.5 Å². The van der Waals surface area contributed by atoms with Crippen molar-refractivity contribution in [2.24, 2.45) is 0 Å². The van der Waals surface area contributed by atoms with Gasteiger partial charge in [-0.25, -0.2) is 4.79 Å². The van der Waals surface area contributed by atoms with Crippen molar-refractivity contribution >= 4 is 11.9 Å². The van der Waals surface area contributed by atoms with Gasteiger partial charge in [-0.3, -0.25) is 4.79 Å². The Morgan fingerprint density at radius 3 is 1.61 bits per heavy atom. The zero-order chi connectivity index (χ0) is 17.2. The van der Waals surface area contributed by atoms with Gasteiger partial charge in [-0.05, 0) is 19.3 Å². The Morgan fingerprint density at radius 2 is 1.13 bits per heavy atom. The lowest BCUT2D eigenvalue weighted by molar-refractivity contribution is -0.137. The molecule has 0 aromatic rings. The maximum atomic E-state index is 10.3. The summed E-state index contributed by atoms with van der Waals surface area (Å²) in [6, 6.07) is 0. The number of carbonyl (C=O) groups is 2. The average molecular weight is 324 g/mol. The molecule has 0 aliphatic heterocycles. The second kappa shape index (κ2) is 16.8. The molecule has 0 fully saturated rings. The van der Waals surface area contributed by atoms with E-state index in [2.05, 4.69) is 0 Å². The lowest BCUT2D eigenvalue weighted by Crippen LogP contribution is -1.93. The maximum absolute atomic E-state index is 10.3. The van der Waals surface area contributed by atoms with E-state index in [-0.39, 0.29) is 0 Å². The molecule has 132 valence electrons. The van der Waals surface area contributed by atoms with E-state index in [0.717, 1.165) is 31.8 Å². The highest BCUT2D eigenvalue weighted by molar-refractivity contribution is 5.80. The van der Waals surface area contributed by atoms with E-state index >= 15 is 0 Å². The van der Waals surface area contributed by atoms with Crippen molar-refractivity contribution in [3.8, 4) is 0 Å². The quantitative estimate of drug-likeness (QED) is 0.228. The van der Waals surface area contributed by atoms with Gasteiger partial charge in [-0.1, -0.05) is 76.0 Å². The fraction of sp³-hybridized carbons (Fsp3) is 0.684. The largest absolute Gasteiger partial charge is 0.481 e. The molecule has 0 radical (unpaired) electrons. The van der Waals surface area contributed by atoms with Crippen molar-refractivity contribution < 1.29 is 19.8 Å². The molecule has 0 rings (SSSR count). The SMILES string of the molecule is O=C(O)/C=C/C=C/CCCCCCCCCCCCCC(=O)O. The van der Waals surface area contributed by atoms with Crippen molar-refractivity contribution in [1.82, 2.24) is 0 Å². The van der Waals surface area contributed by atoms with Crippen LogP contribution in [0, 0.1) is 0 Å². The van der Waals surface area contributed by atoms with Crippen LogP contribution in [-0.2, 0) is 9.59 Å². The highest BCUT2D eigenvalue weighted by Gasteiger charge is 1.96. The number of hydrogen-bond donors (Lipinski definition) is 2. The molecule has 0 aromatic heterocycles. The first-order valence-electron chi connectivity index (χ1n) is 8.91. The second-order valence-corrected chi connectivity index (χ2v) is 5.95. The van der Waals surface area contributed by atoms with Gasteiger partial charge in [-0.2, -0.15) is 0 Å². The van der Waals surface area contributed by atoms with Gasteiger partial charge in [0.1, 0.15) is 0 Å². The Kier molecular flexibility index (Phi) is 15.6. The lowest BCUT2D eigenvalue weighted by Gasteiger charge is -2.02. The minimum atomic E-state index is -0.907. The van der Waals surface area contributed by atoms with Crippen LogP contribution in [-0.4, -0.2) is 22.2 Å². The Labute approximate surface area is 140 Å². The summed E-state index contributed by atoms with van der Waals surface area (Å²) in [6.45, 7) is 0. The van der Waals surface area contributed by atoms with E-state index in [0.29, 0.717) is 6.42 Å². The normalized spacial score (nSPS) is 11.5. The van der Waals surface area contributed by atoms with Crippen LogP contribution in [0.5, 0.6) is 0 Å². The van der Waals surface area contributed by atoms with Gasteiger partial charge in [0.25, 0.3) is 0 Å². The zero-order valence-corrected chi connectivity index (χ0v) is 14.2. The van der Waals surface area contributed by atoms with E-state index in [1.807, 2.05) is 6.08 Å². The predicted octanol–water partition coefficient (Wildman–Crippen LogP) is 5.34. The summed E-state index contributed by atoms with van der Waals surface area (Å²) >= 11 is 0. The third-order valence-electron chi connectivity index (χ3n) is 3.75. The van der Waals surface area contributed by atoms with Crippen molar-refractivity contribution in [2.75, 3.05) is 0 Å². The minimum absolute atomic E-state index is 0.311. The second-order valence-electron chi connectivity index (χ2n) is 5.95. The summed E-state index contributed by atoms with van der Waals surface area (Å²) < 4.78 is 0. The Hall–Kier alpha value is -1.58. The summed E-state index contributed by atoms with van der Waals surface area (Å²) in [6.07, 6.45) is 20.9. The average Bonchev–Trinajstić information content (AvgIpc) is 2.49. The van der Waals surface area contributed by atoms with Gasteiger partial charge in [0.2, 0.25) is 0 Å². The molecule has 0 amide bonds. The van der Waals surface area contributed by atoms with E-state index in [4.69, 9.17) is 10.2 Å². The molecule has 0 atom stereocenters. The molecule has 4 nitrogen and oxygen atoms in total. The fourth-order valence-electron chi connectivity index (χ4n) is 2.44. The summed E-state index contributed by atoms with van der Waals surface area (Å²) in [5.74, 6) is -1.59. The van der Waals surface area contributed by atoms with Crippen LogP contribution in [0.15, 0.2) is 24.3 Å². The Bertz CT molecular complexity index is 358. The smallest absolute Gasteiger partial charge is 0.328 e.